The molecule has 3 rings (SSSR count). The summed E-state index contributed by atoms with van der Waals surface area (Å²) in [4.78, 5) is 11.2. The Morgan fingerprint density at radius 1 is 1.31 bits per heavy atom. The molecule has 8 heteroatoms. The monoisotopic (exact) mass is 416 g/mol. The summed E-state index contributed by atoms with van der Waals surface area (Å²) in [7, 11) is -0.199. The van der Waals surface area contributed by atoms with Gasteiger partial charge in [0.05, 0.1) is 23.7 Å². The Hall–Kier alpha value is -2.61. The van der Waals surface area contributed by atoms with Crippen LogP contribution in [0.1, 0.15) is 40.3 Å². The minimum atomic E-state index is -3.62. The molecule has 29 heavy (non-hydrogen) atoms. The largest absolute Gasteiger partial charge is 0.495 e. The predicted molar refractivity (Wildman–Crippen MR) is 116 cm³/mol. The smallest absolute Gasteiger partial charge is 0.188 e. The van der Waals surface area contributed by atoms with Crippen molar-refractivity contribution < 1.29 is 13.2 Å². The van der Waals surface area contributed by atoms with Crippen LogP contribution in [0.4, 0.5) is 0 Å². The molecular formula is C21H28N4O3S. The SMILES string of the molecule is C/C=C1/C(c2cnc3cc(OC)c(S(=O)(=O)C(C)(C)C)cn23)=CN(C)C1=NCC. The molecule has 0 radical (unpaired) electrons. The topological polar surface area (TPSA) is 76.3 Å². The minimum Gasteiger partial charge on any atom is -0.495 e. The van der Waals surface area contributed by atoms with Crippen molar-refractivity contribution in [3.8, 4) is 5.75 Å². The molecule has 3 heterocycles. The summed E-state index contributed by atoms with van der Waals surface area (Å²) < 4.78 is 32.6. The van der Waals surface area contributed by atoms with Gasteiger partial charge in [0.25, 0.3) is 0 Å². The van der Waals surface area contributed by atoms with Crippen LogP contribution in [0.5, 0.6) is 5.75 Å². The van der Waals surface area contributed by atoms with Crippen molar-refractivity contribution in [2.24, 2.45) is 4.99 Å². The molecule has 0 atom stereocenters. The van der Waals surface area contributed by atoms with Crippen molar-refractivity contribution >= 4 is 26.9 Å². The van der Waals surface area contributed by atoms with Crippen LogP contribution in [0.2, 0.25) is 0 Å². The normalized spacial score (nSPS) is 18.2. The van der Waals surface area contributed by atoms with Crippen LogP contribution >= 0.6 is 0 Å². The number of rotatable bonds is 4. The fourth-order valence-corrected chi connectivity index (χ4v) is 4.66. The number of nitrogens with zero attached hydrogens (tertiary/aromatic N) is 4. The summed E-state index contributed by atoms with van der Waals surface area (Å²) in [5.74, 6) is 1.18. The minimum absolute atomic E-state index is 0.149. The van der Waals surface area contributed by atoms with Crippen molar-refractivity contribution in [1.29, 1.82) is 0 Å². The van der Waals surface area contributed by atoms with Gasteiger partial charge in [0.1, 0.15) is 22.1 Å². The van der Waals surface area contributed by atoms with Crippen LogP contribution < -0.4 is 4.74 Å². The van der Waals surface area contributed by atoms with Gasteiger partial charge in [0.15, 0.2) is 9.84 Å². The molecule has 0 aromatic carbocycles. The first-order valence-corrected chi connectivity index (χ1v) is 11.0. The molecule has 0 bridgehead atoms. The van der Waals surface area contributed by atoms with Crippen molar-refractivity contribution in [2.75, 3.05) is 20.7 Å². The highest BCUT2D eigenvalue weighted by molar-refractivity contribution is 7.92. The predicted octanol–water partition coefficient (Wildman–Crippen LogP) is 3.57. The fourth-order valence-electron chi connectivity index (χ4n) is 3.35. The maximum absolute atomic E-state index is 13.2. The molecule has 2 aromatic heterocycles. The maximum Gasteiger partial charge on any atom is 0.188 e. The third-order valence-corrected chi connectivity index (χ3v) is 7.45. The second-order valence-electron chi connectivity index (χ2n) is 7.85. The van der Waals surface area contributed by atoms with Crippen molar-refractivity contribution in [3.05, 3.63) is 42.0 Å². The van der Waals surface area contributed by atoms with E-state index in [1.54, 1.807) is 43.6 Å². The van der Waals surface area contributed by atoms with Crippen LogP contribution in [0, 0.1) is 0 Å². The molecule has 7 nitrogen and oxygen atoms in total. The number of ether oxygens (including phenoxy) is 1. The molecule has 1 aliphatic rings. The second kappa shape index (κ2) is 7.33. The summed E-state index contributed by atoms with van der Waals surface area (Å²) in [6, 6.07) is 1.66. The highest BCUT2D eigenvalue weighted by Crippen LogP contribution is 2.36. The van der Waals surface area contributed by atoms with Gasteiger partial charge in [0.2, 0.25) is 0 Å². The number of fused-ring (bicyclic) bond motifs is 1. The van der Waals surface area contributed by atoms with E-state index in [1.807, 2.05) is 38.1 Å². The van der Waals surface area contributed by atoms with Gasteiger partial charge in [-0.3, -0.25) is 9.39 Å². The van der Waals surface area contributed by atoms with Crippen LogP contribution in [-0.4, -0.2) is 54.0 Å². The van der Waals surface area contributed by atoms with Crippen LogP contribution in [0.3, 0.4) is 0 Å². The van der Waals surface area contributed by atoms with E-state index in [1.165, 1.54) is 7.11 Å². The number of hydrogen-bond donors (Lipinski definition) is 0. The summed E-state index contributed by atoms with van der Waals surface area (Å²) in [6.45, 7) is 9.68. The number of amidine groups is 1. The first kappa shape index (κ1) is 21.1. The number of allylic oxidation sites excluding steroid dienone is 1. The number of sulfone groups is 1. The lowest BCUT2D eigenvalue weighted by atomic mass is 10.1. The standard InChI is InChI=1S/C21H28N4O3S/c1-8-14-15(12-24(6)20(14)22-9-2)16-11-23-19-10-17(28-7)18(13-25(16)19)29(26,27)21(3,4)5/h8,10-13H,9H2,1-7H3/b14-8-,22-20?. The van der Waals surface area contributed by atoms with Crippen LogP contribution in [0.25, 0.3) is 11.2 Å². The lowest BCUT2D eigenvalue weighted by molar-refractivity contribution is 0.401. The first-order chi connectivity index (χ1) is 13.6. The number of hydrogen-bond acceptors (Lipinski definition) is 5. The van der Waals surface area contributed by atoms with E-state index in [0.717, 1.165) is 22.7 Å². The van der Waals surface area contributed by atoms with Crippen molar-refractivity contribution in [2.45, 2.75) is 44.3 Å². The first-order valence-electron chi connectivity index (χ1n) is 9.53. The number of pyridine rings is 1. The van der Waals surface area contributed by atoms with E-state index in [4.69, 9.17) is 4.74 Å². The van der Waals surface area contributed by atoms with Gasteiger partial charge in [-0.05, 0) is 34.6 Å². The molecule has 0 amide bonds. The second-order valence-corrected chi connectivity index (χ2v) is 10.5. The van der Waals surface area contributed by atoms with Gasteiger partial charge in [-0.2, -0.15) is 0 Å². The summed E-state index contributed by atoms with van der Waals surface area (Å²) in [5, 5.41) is 0. The number of likely N-dealkylation sites (N-methyl/N-ethyl adjacent to an activating group) is 1. The molecule has 0 saturated carbocycles. The maximum atomic E-state index is 13.2. The zero-order valence-corrected chi connectivity index (χ0v) is 18.8. The molecular weight excluding hydrogens is 388 g/mol. The van der Waals surface area contributed by atoms with Gasteiger partial charge in [0, 0.05) is 43.2 Å². The summed E-state index contributed by atoms with van der Waals surface area (Å²) in [5.41, 5.74) is 3.35. The quantitative estimate of drug-likeness (QED) is 0.762. The third kappa shape index (κ3) is 3.35. The van der Waals surface area contributed by atoms with E-state index >= 15 is 0 Å². The van der Waals surface area contributed by atoms with E-state index in [-0.39, 0.29) is 4.90 Å². The Balaban J connectivity index is 2.27. The highest BCUT2D eigenvalue weighted by atomic mass is 32.2. The molecule has 0 spiro atoms. The van der Waals surface area contributed by atoms with Gasteiger partial charge in [-0.25, -0.2) is 13.4 Å². The number of methoxy groups -OCH3 is 1. The molecule has 1 aliphatic heterocycles. The Morgan fingerprint density at radius 3 is 2.55 bits per heavy atom. The van der Waals surface area contributed by atoms with E-state index in [9.17, 15) is 8.42 Å². The Morgan fingerprint density at radius 2 is 2.00 bits per heavy atom. The summed E-state index contributed by atoms with van der Waals surface area (Å²) in [6.07, 6.45) is 7.37. The van der Waals surface area contributed by atoms with E-state index < -0.39 is 14.6 Å². The van der Waals surface area contributed by atoms with Crippen LogP contribution in [-0.2, 0) is 9.84 Å². The average molecular weight is 417 g/mol. The van der Waals surface area contributed by atoms with Gasteiger partial charge in [-0.15, -0.1) is 0 Å². The Labute approximate surface area is 172 Å². The van der Waals surface area contributed by atoms with Crippen molar-refractivity contribution in [3.63, 3.8) is 0 Å². The zero-order chi connectivity index (χ0) is 21.6. The third-order valence-electron chi connectivity index (χ3n) is 4.95. The molecule has 0 aliphatic carbocycles. The zero-order valence-electron chi connectivity index (χ0n) is 18.0. The molecule has 0 unspecified atom stereocenters. The Kier molecular flexibility index (Phi) is 5.34. The number of aromatic nitrogens is 2. The molecule has 0 N–H and O–H groups in total. The van der Waals surface area contributed by atoms with E-state index in [2.05, 4.69) is 9.98 Å². The molecule has 2 aromatic rings. The lowest BCUT2D eigenvalue weighted by Crippen LogP contribution is -2.28. The van der Waals surface area contributed by atoms with Crippen molar-refractivity contribution in [1.82, 2.24) is 14.3 Å². The number of imidazole rings is 1. The van der Waals surface area contributed by atoms with Gasteiger partial charge in [-0.1, -0.05) is 6.08 Å². The van der Waals surface area contributed by atoms with Gasteiger partial charge >= 0.3 is 0 Å². The highest BCUT2D eigenvalue weighted by Gasteiger charge is 2.35. The molecule has 156 valence electrons. The molecule has 0 saturated heterocycles. The summed E-state index contributed by atoms with van der Waals surface area (Å²) >= 11 is 0. The molecule has 0 fully saturated rings. The van der Waals surface area contributed by atoms with Crippen LogP contribution in [0.15, 0.2) is 46.2 Å². The fraction of sp³-hybridized carbons (Fsp3) is 0.429. The Bertz CT molecular complexity index is 1150. The van der Waals surface area contributed by atoms with E-state index in [0.29, 0.717) is 17.9 Å². The van der Waals surface area contributed by atoms with Gasteiger partial charge < -0.3 is 9.64 Å². The lowest BCUT2D eigenvalue weighted by Gasteiger charge is -2.21. The average Bonchev–Trinajstić information content (AvgIpc) is 3.20. The number of aliphatic imine (C=N–C) groups is 1.